The van der Waals surface area contributed by atoms with Gasteiger partial charge in [0.2, 0.25) is 10.0 Å². The Morgan fingerprint density at radius 1 is 1.11 bits per heavy atom. The Hall–Kier alpha value is -0.520. The van der Waals surface area contributed by atoms with Crippen LogP contribution in [0.15, 0.2) is 34.1 Å². The van der Waals surface area contributed by atoms with Gasteiger partial charge in [-0.15, -0.1) is 11.8 Å². The molecule has 0 amide bonds. The number of rotatable bonds is 3. The van der Waals surface area contributed by atoms with Crippen LogP contribution in [-0.4, -0.2) is 32.1 Å². The zero-order valence-corrected chi connectivity index (χ0v) is 13.3. The van der Waals surface area contributed by atoms with Gasteiger partial charge in [-0.05, 0) is 48.8 Å². The predicted octanol–water partition coefficient (Wildman–Crippen LogP) is 3.08. The van der Waals surface area contributed by atoms with Crippen molar-refractivity contribution in [1.82, 2.24) is 4.31 Å². The Bertz CT molecular complexity index is 515. The number of hydrogen-bond donors (Lipinski definition) is 0. The Morgan fingerprint density at radius 3 is 2.11 bits per heavy atom. The molecule has 1 aliphatic rings. The van der Waals surface area contributed by atoms with Gasteiger partial charge in [-0.2, -0.15) is 4.31 Å². The van der Waals surface area contributed by atoms with E-state index < -0.39 is 10.0 Å². The second-order valence-corrected chi connectivity index (χ2v) is 8.26. The van der Waals surface area contributed by atoms with Crippen LogP contribution in [0, 0.1) is 11.8 Å². The van der Waals surface area contributed by atoms with Gasteiger partial charge in [0.1, 0.15) is 0 Å². The molecule has 1 heterocycles. The van der Waals surface area contributed by atoms with Crippen molar-refractivity contribution in [3.63, 3.8) is 0 Å². The van der Waals surface area contributed by atoms with Crippen molar-refractivity contribution in [2.45, 2.75) is 30.1 Å². The van der Waals surface area contributed by atoms with Crippen LogP contribution in [0.25, 0.3) is 0 Å². The van der Waals surface area contributed by atoms with Crippen LogP contribution in [0.2, 0.25) is 0 Å². The van der Waals surface area contributed by atoms with Gasteiger partial charge in [0, 0.05) is 18.0 Å². The molecule has 106 valence electrons. The quantitative estimate of drug-likeness (QED) is 0.805. The lowest BCUT2D eigenvalue weighted by molar-refractivity contribution is 0.222. The molecule has 0 aliphatic carbocycles. The standard InChI is InChI=1S/C14H21NO2S2/c1-11-8-12(2)10-15(9-11)19(16,17)14-6-4-13(18-3)5-7-14/h4-7,11-12H,8-10H2,1-3H3. The van der Waals surface area contributed by atoms with Gasteiger partial charge in [-0.25, -0.2) is 8.42 Å². The summed E-state index contributed by atoms with van der Waals surface area (Å²) in [6.45, 7) is 5.51. The SMILES string of the molecule is CSc1ccc(S(=O)(=O)N2CC(C)CC(C)C2)cc1. The lowest BCUT2D eigenvalue weighted by atomic mass is 9.94. The van der Waals surface area contributed by atoms with Gasteiger partial charge in [0.05, 0.1) is 4.90 Å². The van der Waals surface area contributed by atoms with E-state index in [1.807, 2.05) is 18.4 Å². The first-order valence-corrected chi connectivity index (χ1v) is 9.24. The van der Waals surface area contributed by atoms with Gasteiger partial charge in [0.15, 0.2) is 0 Å². The smallest absolute Gasteiger partial charge is 0.207 e. The molecule has 1 saturated heterocycles. The Kier molecular flexibility index (Phi) is 4.58. The fraction of sp³-hybridized carbons (Fsp3) is 0.571. The van der Waals surface area contributed by atoms with Crippen molar-refractivity contribution >= 4 is 21.8 Å². The first-order valence-electron chi connectivity index (χ1n) is 6.57. The topological polar surface area (TPSA) is 37.4 Å². The number of thioether (sulfide) groups is 1. The molecule has 0 aromatic heterocycles. The highest BCUT2D eigenvalue weighted by Crippen LogP contribution is 2.27. The lowest BCUT2D eigenvalue weighted by Gasteiger charge is -2.34. The summed E-state index contributed by atoms with van der Waals surface area (Å²) in [6.07, 6.45) is 3.09. The minimum Gasteiger partial charge on any atom is -0.207 e. The molecule has 0 bridgehead atoms. The van der Waals surface area contributed by atoms with E-state index in [1.54, 1.807) is 28.2 Å². The van der Waals surface area contributed by atoms with E-state index in [2.05, 4.69) is 13.8 Å². The number of benzene rings is 1. The molecule has 1 aromatic carbocycles. The molecule has 0 N–H and O–H groups in total. The molecule has 2 atom stereocenters. The first-order chi connectivity index (χ1) is 8.93. The van der Waals surface area contributed by atoms with Crippen LogP contribution in [0.3, 0.4) is 0 Å². The van der Waals surface area contributed by atoms with E-state index in [0.717, 1.165) is 11.3 Å². The molecule has 0 spiro atoms. The fourth-order valence-corrected chi connectivity index (χ4v) is 4.79. The van der Waals surface area contributed by atoms with E-state index in [0.29, 0.717) is 29.8 Å². The average molecular weight is 299 g/mol. The van der Waals surface area contributed by atoms with Crippen LogP contribution in [0.4, 0.5) is 0 Å². The summed E-state index contributed by atoms with van der Waals surface area (Å²) in [7, 11) is -3.33. The normalized spacial score (nSPS) is 25.4. The molecule has 2 unspecified atom stereocenters. The highest BCUT2D eigenvalue weighted by molar-refractivity contribution is 7.98. The van der Waals surface area contributed by atoms with Crippen LogP contribution in [0.5, 0.6) is 0 Å². The summed E-state index contributed by atoms with van der Waals surface area (Å²) in [5, 5.41) is 0. The summed E-state index contributed by atoms with van der Waals surface area (Å²) in [5.41, 5.74) is 0. The monoisotopic (exact) mass is 299 g/mol. The van der Waals surface area contributed by atoms with Gasteiger partial charge < -0.3 is 0 Å². The Balaban J connectivity index is 2.25. The second-order valence-electron chi connectivity index (χ2n) is 5.44. The van der Waals surface area contributed by atoms with Crippen molar-refractivity contribution in [2.24, 2.45) is 11.8 Å². The average Bonchev–Trinajstić information content (AvgIpc) is 2.37. The van der Waals surface area contributed by atoms with Crippen LogP contribution < -0.4 is 0 Å². The van der Waals surface area contributed by atoms with Crippen molar-refractivity contribution in [2.75, 3.05) is 19.3 Å². The number of sulfonamides is 1. The molecule has 3 nitrogen and oxygen atoms in total. The van der Waals surface area contributed by atoms with Crippen molar-refractivity contribution < 1.29 is 8.42 Å². The molecular formula is C14H21NO2S2. The maximum absolute atomic E-state index is 12.6. The summed E-state index contributed by atoms with van der Waals surface area (Å²) >= 11 is 1.62. The lowest BCUT2D eigenvalue weighted by Crippen LogP contribution is -2.42. The number of piperidine rings is 1. The zero-order chi connectivity index (χ0) is 14.0. The third-order valence-corrected chi connectivity index (χ3v) is 6.12. The maximum Gasteiger partial charge on any atom is 0.243 e. The fourth-order valence-electron chi connectivity index (χ4n) is 2.70. The second kappa shape index (κ2) is 5.85. The van der Waals surface area contributed by atoms with Crippen LogP contribution in [-0.2, 0) is 10.0 Å². The first kappa shape index (κ1) is 14.9. The zero-order valence-electron chi connectivity index (χ0n) is 11.7. The van der Waals surface area contributed by atoms with Gasteiger partial charge in [0.25, 0.3) is 0 Å². The van der Waals surface area contributed by atoms with Crippen molar-refractivity contribution in [3.8, 4) is 0 Å². The highest BCUT2D eigenvalue weighted by Gasteiger charge is 2.31. The Labute approximate surface area is 120 Å². The molecule has 0 saturated carbocycles. The van der Waals surface area contributed by atoms with Gasteiger partial charge in [-0.3, -0.25) is 0 Å². The predicted molar refractivity (Wildman–Crippen MR) is 79.9 cm³/mol. The summed E-state index contributed by atoms with van der Waals surface area (Å²) in [4.78, 5) is 1.49. The van der Waals surface area contributed by atoms with Gasteiger partial charge >= 0.3 is 0 Å². The minimum atomic E-state index is -3.33. The largest absolute Gasteiger partial charge is 0.243 e. The number of nitrogens with zero attached hydrogens (tertiary/aromatic N) is 1. The molecule has 5 heteroatoms. The minimum absolute atomic E-state index is 0.409. The van der Waals surface area contributed by atoms with E-state index >= 15 is 0 Å². The van der Waals surface area contributed by atoms with E-state index in [1.165, 1.54) is 0 Å². The molecule has 0 radical (unpaired) electrons. The summed E-state index contributed by atoms with van der Waals surface area (Å²) in [6, 6.07) is 7.17. The van der Waals surface area contributed by atoms with E-state index in [-0.39, 0.29) is 0 Å². The molecule has 1 aliphatic heterocycles. The Morgan fingerprint density at radius 2 is 1.63 bits per heavy atom. The molecule has 2 rings (SSSR count). The van der Waals surface area contributed by atoms with Gasteiger partial charge in [-0.1, -0.05) is 13.8 Å². The van der Waals surface area contributed by atoms with Crippen LogP contribution in [0.1, 0.15) is 20.3 Å². The van der Waals surface area contributed by atoms with E-state index in [4.69, 9.17) is 0 Å². The molecule has 1 fully saturated rings. The third kappa shape index (κ3) is 3.33. The van der Waals surface area contributed by atoms with Crippen LogP contribution >= 0.6 is 11.8 Å². The third-order valence-electron chi connectivity index (χ3n) is 3.53. The number of hydrogen-bond acceptors (Lipinski definition) is 3. The molecule has 1 aromatic rings. The molecular weight excluding hydrogens is 278 g/mol. The van der Waals surface area contributed by atoms with Crippen molar-refractivity contribution in [1.29, 1.82) is 0 Å². The summed E-state index contributed by atoms with van der Waals surface area (Å²) < 4.78 is 26.8. The van der Waals surface area contributed by atoms with E-state index in [9.17, 15) is 8.42 Å². The van der Waals surface area contributed by atoms with Crippen molar-refractivity contribution in [3.05, 3.63) is 24.3 Å². The highest BCUT2D eigenvalue weighted by atomic mass is 32.2. The molecule has 19 heavy (non-hydrogen) atoms. The summed E-state index contributed by atoms with van der Waals surface area (Å²) in [5.74, 6) is 0.869. The maximum atomic E-state index is 12.6.